The van der Waals surface area contributed by atoms with Crippen LogP contribution in [0.2, 0.25) is 0 Å². The Bertz CT molecular complexity index is 861. The summed E-state index contributed by atoms with van der Waals surface area (Å²) < 4.78 is 0.679. The highest BCUT2D eigenvalue weighted by molar-refractivity contribution is 8.47. The van der Waals surface area contributed by atoms with Crippen molar-refractivity contribution in [1.82, 2.24) is 0 Å². The molecule has 1 aromatic rings. The molecule has 0 aromatic heterocycles. The van der Waals surface area contributed by atoms with Crippen LogP contribution in [-0.4, -0.2) is 249 Å². The van der Waals surface area contributed by atoms with E-state index in [1.165, 1.54) is 29.1 Å². The quantitative estimate of drug-likeness (QED) is 0.0574. The van der Waals surface area contributed by atoms with E-state index in [1.54, 1.807) is 6.92 Å². The molecule has 0 saturated heterocycles. The Morgan fingerprint density at radius 1 is 0.482 bits per heavy atom. The van der Waals surface area contributed by atoms with Gasteiger partial charge in [-0.1, -0.05) is 54.3 Å². The van der Waals surface area contributed by atoms with E-state index in [4.69, 9.17) is 119 Å². The number of rotatable bonds is 19. The van der Waals surface area contributed by atoms with Gasteiger partial charge in [0.05, 0.1) is 66.1 Å². The standard InChI is InChI=1S/C11H12O2S3.5C4H10O4/c1-8(10(12)13)16-11(14)15-7-9-5-3-2-4-6-9;5*5-1-3(7)4(8)2-6/h2-6,8H,7H2,1H3,(H,12,13);5*3-8H,1-2H2/t;5*3-,4+. The van der Waals surface area contributed by atoms with E-state index in [1.807, 2.05) is 30.3 Å². The second kappa shape index (κ2) is 43.3. The number of thioether (sulfide) groups is 2. The van der Waals surface area contributed by atoms with Gasteiger partial charge < -0.3 is 107 Å². The fourth-order valence-electron chi connectivity index (χ4n) is 2.16. The van der Waals surface area contributed by atoms with Gasteiger partial charge in [0, 0.05) is 5.75 Å². The third kappa shape index (κ3) is 39.5. The van der Waals surface area contributed by atoms with E-state index in [0.29, 0.717) is 3.53 Å². The maximum atomic E-state index is 10.6. The molecule has 21 N–H and O–H groups in total. The van der Waals surface area contributed by atoms with E-state index in [-0.39, 0.29) is 0 Å². The fourth-order valence-corrected chi connectivity index (χ4v) is 4.52. The van der Waals surface area contributed by atoms with Crippen molar-refractivity contribution in [2.24, 2.45) is 0 Å². The van der Waals surface area contributed by atoms with Crippen LogP contribution in [0.5, 0.6) is 0 Å². The van der Waals surface area contributed by atoms with E-state index in [0.717, 1.165) is 5.75 Å². The number of carboxylic acids is 1. The van der Waals surface area contributed by atoms with Gasteiger partial charge in [0.25, 0.3) is 0 Å². The highest BCUT2D eigenvalue weighted by atomic mass is 32.2. The Labute approximate surface area is 337 Å². The van der Waals surface area contributed by atoms with Crippen LogP contribution in [0.1, 0.15) is 12.5 Å². The summed E-state index contributed by atoms with van der Waals surface area (Å²) >= 11 is 7.84. The number of carboxylic acid groups (broad SMARTS) is 1. The Hall–Kier alpha value is -1.32. The van der Waals surface area contributed by atoms with Gasteiger partial charge in [0.1, 0.15) is 69.8 Å². The first kappa shape index (κ1) is 63.8. The monoisotopic (exact) mass is 882 g/mol. The second-order valence-corrected chi connectivity index (χ2v) is 14.1. The molecule has 336 valence electrons. The summed E-state index contributed by atoms with van der Waals surface area (Å²) in [5.74, 6) is -0.0356. The smallest absolute Gasteiger partial charge is 0.316 e. The van der Waals surface area contributed by atoms with E-state index >= 15 is 0 Å². The minimum absolute atomic E-state index is 0.476. The minimum atomic E-state index is -1.22. The van der Waals surface area contributed by atoms with Gasteiger partial charge in [-0.2, -0.15) is 0 Å². The first-order valence-electron chi connectivity index (χ1n) is 16.2. The molecule has 0 amide bonds. The van der Waals surface area contributed by atoms with Crippen molar-refractivity contribution < 1.29 is 112 Å². The van der Waals surface area contributed by atoms with Crippen molar-refractivity contribution in [2.75, 3.05) is 66.1 Å². The lowest BCUT2D eigenvalue weighted by Gasteiger charge is -2.10. The lowest BCUT2D eigenvalue weighted by atomic mass is 10.2. The molecular formula is C31H62O22S3. The average Bonchev–Trinajstić information content (AvgIpc) is 3.23. The number of aliphatic hydroxyl groups excluding tert-OH is 20. The topological polar surface area (TPSA) is 442 Å². The van der Waals surface area contributed by atoms with Crippen LogP contribution < -0.4 is 0 Å². The highest BCUT2D eigenvalue weighted by Crippen LogP contribution is 2.25. The maximum Gasteiger partial charge on any atom is 0.316 e. The third-order valence-electron chi connectivity index (χ3n) is 5.91. The molecule has 1 unspecified atom stereocenters. The predicted molar refractivity (Wildman–Crippen MR) is 206 cm³/mol. The zero-order valence-electron chi connectivity index (χ0n) is 30.5. The molecule has 11 atom stereocenters. The Balaban J connectivity index is -0.000000192. The normalized spacial score (nSPS) is 16.3. The van der Waals surface area contributed by atoms with Gasteiger partial charge in [-0.15, -0.1) is 11.8 Å². The number of hydrogen-bond donors (Lipinski definition) is 21. The van der Waals surface area contributed by atoms with Gasteiger partial charge in [-0.3, -0.25) is 4.79 Å². The molecule has 0 radical (unpaired) electrons. The summed E-state index contributed by atoms with van der Waals surface area (Å²) in [4.78, 5) is 10.6. The number of hydrogen-bond acceptors (Lipinski definition) is 24. The van der Waals surface area contributed by atoms with Crippen molar-refractivity contribution in [3.05, 3.63) is 35.9 Å². The Morgan fingerprint density at radius 2 is 0.696 bits per heavy atom. The van der Waals surface area contributed by atoms with Crippen molar-refractivity contribution in [3.63, 3.8) is 0 Å². The Kier molecular flexibility index (Phi) is 49.3. The van der Waals surface area contributed by atoms with Crippen LogP contribution in [0.25, 0.3) is 0 Å². The molecule has 1 aromatic carbocycles. The lowest BCUT2D eigenvalue weighted by molar-refractivity contribution is -0.136. The van der Waals surface area contributed by atoms with E-state index < -0.39 is 138 Å². The zero-order valence-corrected chi connectivity index (χ0v) is 33.0. The molecule has 0 saturated carbocycles. The summed E-state index contributed by atoms with van der Waals surface area (Å²) in [5, 5.41) is 174. The van der Waals surface area contributed by atoms with Gasteiger partial charge >= 0.3 is 5.97 Å². The van der Waals surface area contributed by atoms with E-state index in [2.05, 4.69) is 0 Å². The van der Waals surface area contributed by atoms with Crippen LogP contribution in [0.3, 0.4) is 0 Å². The molecule has 0 aliphatic heterocycles. The van der Waals surface area contributed by atoms with Gasteiger partial charge in [-0.05, 0) is 12.5 Å². The van der Waals surface area contributed by atoms with Gasteiger partial charge in [-0.25, -0.2) is 0 Å². The molecule has 25 heteroatoms. The second-order valence-electron chi connectivity index (χ2n) is 10.6. The summed E-state index contributed by atoms with van der Waals surface area (Å²) in [7, 11) is 0. The molecule has 56 heavy (non-hydrogen) atoms. The molecule has 0 aliphatic carbocycles. The summed E-state index contributed by atoms with van der Waals surface area (Å²) in [5.41, 5.74) is 1.19. The zero-order chi connectivity index (χ0) is 44.8. The molecule has 1 rings (SSSR count). The molecular weight excluding hydrogens is 821 g/mol. The highest BCUT2D eigenvalue weighted by Gasteiger charge is 2.16. The molecule has 0 spiro atoms. The third-order valence-corrected chi connectivity index (χ3v) is 8.66. The number of thiocarbonyl (C=S) groups is 1. The summed E-state index contributed by atoms with van der Waals surface area (Å²) in [6.07, 6.45) is -12.2. The number of carbonyl (C=O) groups is 1. The number of benzene rings is 1. The molecule has 0 aliphatic rings. The minimum Gasteiger partial charge on any atom is -0.480 e. The maximum absolute atomic E-state index is 10.6. The summed E-state index contributed by atoms with van der Waals surface area (Å²) in [6.45, 7) is -3.62. The molecule has 22 nitrogen and oxygen atoms in total. The largest absolute Gasteiger partial charge is 0.480 e. The molecule has 0 heterocycles. The van der Waals surface area contributed by atoms with Crippen LogP contribution >= 0.6 is 35.7 Å². The van der Waals surface area contributed by atoms with E-state index in [9.17, 15) is 4.79 Å². The fraction of sp³-hybridized carbons (Fsp3) is 0.742. The Morgan fingerprint density at radius 3 is 0.875 bits per heavy atom. The van der Waals surface area contributed by atoms with Crippen molar-refractivity contribution >= 4 is 45.2 Å². The van der Waals surface area contributed by atoms with Crippen LogP contribution in [0.4, 0.5) is 0 Å². The van der Waals surface area contributed by atoms with Gasteiger partial charge in [0.15, 0.2) is 0 Å². The van der Waals surface area contributed by atoms with Crippen molar-refractivity contribution in [1.29, 1.82) is 0 Å². The number of aliphatic hydroxyl groups is 20. The van der Waals surface area contributed by atoms with Crippen LogP contribution in [-0.2, 0) is 10.5 Å². The molecule has 0 bridgehead atoms. The number of aliphatic carboxylic acids is 1. The predicted octanol–water partition coefficient (Wildman–Crippen LogP) is -8.12. The SMILES string of the molecule is CC(SC(=S)SCc1ccccc1)C(=O)O.OC[C@@H](O)[C@@H](O)CO.OC[C@@H](O)[C@@H](O)CO.OC[C@@H](O)[C@@H](O)CO.OC[C@@H](O)[C@@H](O)CO.OC[C@@H](O)[C@@H](O)CO. The summed E-state index contributed by atoms with van der Waals surface area (Å²) in [6, 6.07) is 9.98. The lowest BCUT2D eigenvalue weighted by Crippen LogP contribution is -2.31. The first-order chi connectivity index (χ1) is 26.2. The van der Waals surface area contributed by atoms with Crippen LogP contribution in [0.15, 0.2) is 30.3 Å². The van der Waals surface area contributed by atoms with Crippen LogP contribution in [0, 0.1) is 0 Å². The van der Waals surface area contributed by atoms with Crippen molar-refractivity contribution in [3.8, 4) is 0 Å². The molecule has 0 fully saturated rings. The van der Waals surface area contributed by atoms with Gasteiger partial charge in [0.2, 0.25) is 0 Å². The van der Waals surface area contributed by atoms with Crippen molar-refractivity contribution in [2.45, 2.75) is 79.0 Å². The average molecular weight is 883 g/mol. The first-order valence-corrected chi connectivity index (χ1v) is 18.5.